The number of nitrogens with two attached hydrogens (primary N) is 1. The first-order chi connectivity index (χ1) is 61.1. The third-order valence-corrected chi connectivity index (χ3v) is 30.6. The number of rotatable bonds is 68. The van der Waals surface area contributed by atoms with Crippen LogP contribution in [-0.2, 0) is 61.6 Å². The minimum absolute atomic E-state index is 0.0410. The van der Waals surface area contributed by atoms with Crippen LogP contribution in [0, 0.1) is 26.3 Å². The number of esters is 1. The summed E-state index contributed by atoms with van der Waals surface area (Å²) < 4.78 is 84.4. The lowest BCUT2D eigenvalue weighted by Crippen LogP contribution is -2.36. The summed E-state index contributed by atoms with van der Waals surface area (Å²) >= 11 is -0.266. The van der Waals surface area contributed by atoms with Crippen molar-refractivity contribution in [1.82, 2.24) is 39.9 Å². The molecule has 128 heavy (non-hydrogen) atoms. The molecule has 0 aromatic heterocycles. The fourth-order valence-corrected chi connectivity index (χ4v) is 22.8. The smallest absolute Gasteiger partial charge is 0.320 e. The molecule has 2 aliphatic rings. The molecule has 0 radical (unpaired) electrons. The number of urea groups is 1. The summed E-state index contributed by atoms with van der Waals surface area (Å²) in [4.78, 5) is 51.0. The van der Waals surface area contributed by atoms with Crippen molar-refractivity contribution in [2.45, 2.75) is 382 Å². The highest BCUT2D eigenvalue weighted by Gasteiger charge is 2.43. The zero-order chi connectivity index (χ0) is 96.0. The van der Waals surface area contributed by atoms with Gasteiger partial charge in [0.05, 0.1) is 45.1 Å². The lowest BCUT2D eigenvalue weighted by atomic mass is 10.0. The number of benzene rings is 2. The third kappa shape index (κ3) is 59.9. The molecule has 28 nitrogen and oxygen atoms in total. The van der Waals surface area contributed by atoms with E-state index in [-0.39, 0.29) is 36.5 Å². The van der Waals surface area contributed by atoms with Crippen molar-refractivity contribution >= 4 is 91.3 Å². The van der Waals surface area contributed by atoms with Gasteiger partial charge in [-0.2, -0.15) is 11.8 Å². The second-order valence-electron chi connectivity index (χ2n) is 35.4. The van der Waals surface area contributed by atoms with Gasteiger partial charge in [-0.25, -0.2) is 49.8 Å². The summed E-state index contributed by atoms with van der Waals surface area (Å²) in [6.07, 6.45) is 29.0. The summed E-state index contributed by atoms with van der Waals surface area (Å²) in [7, 11) is -0.519. The zero-order valence-corrected chi connectivity index (χ0v) is 88.4. The van der Waals surface area contributed by atoms with Crippen LogP contribution in [0.3, 0.4) is 0 Å². The van der Waals surface area contributed by atoms with Crippen LogP contribution in [-0.4, -0.2) is 242 Å². The molecule has 0 bridgehead atoms. The highest BCUT2D eigenvalue weighted by molar-refractivity contribution is 8.00. The van der Waals surface area contributed by atoms with Gasteiger partial charge in [-0.3, -0.25) is 13.8 Å². The summed E-state index contributed by atoms with van der Waals surface area (Å²) in [5, 5.41) is 14.4. The maximum absolute atomic E-state index is 12.1. The van der Waals surface area contributed by atoms with Gasteiger partial charge in [0, 0.05) is 102 Å². The summed E-state index contributed by atoms with van der Waals surface area (Å²) in [5.74, 6) is 0.926. The van der Waals surface area contributed by atoms with Crippen LogP contribution in [0.5, 0.6) is 0 Å². The van der Waals surface area contributed by atoms with Crippen molar-refractivity contribution in [2.75, 3.05) is 130 Å². The minimum atomic E-state index is -2.19. The largest absolute Gasteiger partial charge is 0.768 e. The van der Waals surface area contributed by atoms with Gasteiger partial charge in [0.15, 0.2) is 0 Å². The average molecular weight is 1910 g/mol. The number of amides is 3. The molecule has 0 spiro atoms. The molecule has 2 saturated heterocycles. The topological polar surface area (TPSA) is 282 Å². The Balaban J connectivity index is 0.00000162. The van der Waals surface area contributed by atoms with Crippen molar-refractivity contribution in [1.29, 1.82) is 0 Å². The molecule has 8 unspecified atom stereocenters. The Morgan fingerprint density at radius 1 is 0.508 bits per heavy atom. The Hall–Kier alpha value is -3.71. The molecule has 4 rings (SSSR count). The Morgan fingerprint density at radius 3 is 1.23 bits per heavy atom. The molecular formula is C94H175N14O14P4S2-. The van der Waals surface area contributed by atoms with E-state index in [9.17, 15) is 23.1 Å². The molecule has 8 atom stereocenters. The summed E-state index contributed by atoms with van der Waals surface area (Å²) in [5.41, 5.74) is 6.08. The summed E-state index contributed by atoms with van der Waals surface area (Å²) in [6.45, 7) is 78.7. The van der Waals surface area contributed by atoms with Crippen molar-refractivity contribution in [3.05, 3.63) is 82.1 Å². The number of hydrogen-bond acceptors (Lipinski definition) is 22. The van der Waals surface area contributed by atoms with Gasteiger partial charge in [0.2, 0.25) is 32.1 Å². The van der Waals surface area contributed by atoms with Crippen molar-refractivity contribution in [3.63, 3.8) is 0 Å². The fraction of sp³-hybridized carbons (Fsp3) is 0.819. The van der Waals surface area contributed by atoms with E-state index >= 15 is 0 Å². The second-order valence-corrected chi connectivity index (χ2v) is 43.4. The first-order valence-corrected chi connectivity index (χ1v) is 54.3. The van der Waals surface area contributed by atoms with E-state index in [1.54, 1.807) is 12.1 Å². The molecule has 0 saturated carbocycles. The molecular weight excluding hydrogens is 1740 g/mol. The van der Waals surface area contributed by atoms with E-state index in [1.807, 2.05) is 75.8 Å². The van der Waals surface area contributed by atoms with Crippen LogP contribution in [0.1, 0.15) is 305 Å². The Kier molecular flexibility index (Phi) is 76.2. The molecule has 2 heterocycles. The van der Waals surface area contributed by atoms with Gasteiger partial charge in [0.25, 0.3) is 34.1 Å². The predicted molar refractivity (Wildman–Crippen MR) is 537 cm³/mol. The van der Waals surface area contributed by atoms with Crippen molar-refractivity contribution < 1.29 is 64.1 Å². The lowest BCUT2D eigenvalue weighted by molar-refractivity contribution is -0.153. The molecule has 2 aromatic rings. The number of thioether (sulfide) groups is 1. The number of carbonyl (C=O) groups is 3. The normalized spacial score (nSPS) is 15.5. The van der Waals surface area contributed by atoms with Crippen LogP contribution < -0.4 is 31.9 Å². The van der Waals surface area contributed by atoms with E-state index in [0.29, 0.717) is 131 Å². The van der Waals surface area contributed by atoms with Crippen molar-refractivity contribution in [2.24, 2.45) is 5.73 Å². The van der Waals surface area contributed by atoms with Crippen LogP contribution in [0.4, 0.5) is 10.5 Å². The highest BCUT2D eigenvalue weighted by Crippen LogP contribution is 2.49. The Morgan fingerprint density at radius 2 is 0.867 bits per heavy atom. The second kappa shape index (κ2) is 78.5. The molecule has 6 N–H and O–H groups in total. The SMILES string of the molecule is CN(C)c1cccc2c(S(=O)[O-])cccc12.[C-]#[N+]CCOP(OCCCCCCCCC)N(C(C)C)C(C)C.[C-]#[N+]CCOP(OCCCCCCCN)N(C(C)C)C(C)C.[C-]#[N+]CCOP(OCCCCCCCNC(=O)CCCCC1SCC2NC(=O)NC21)N(C(C)C)C(C)C.[C-]#[N+]CCOP(OCCCCCCCNCC(=O)OC(C)(C)C)N(C(C)C)C(C)C. The molecule has 0 aliphatic carbocycles. The number of anilines is 1. The van der Waals surface area contributed by atoms with Gasteiger partial charge in [-0.1, -0.05) is 134 Å². The van der Waals surface area contributed by atoms with E-state index in [2.05, 4.69) is 177 Å². The Labute approximate surface area is 789 Å². The van der Waals surface area contributed by atoms with Crippen LogP contribution in [0.25, 0.3) is 30.2 Å². The van der Waals surface area contributed by atoms with E-state index in [1.165, 1.54) is 57.8 Å². The number of carbonyl (C=O) groups excluding carboxylic acids is 3. The first-order valence-electron chi connectivity index (χ1n) is 47.7. The maximum atomic E-state index is 12.1. The average Bonchev–Trinajstić information content (AvgIpc) is 1.37. The number of fused-ring (bicyclic) bond motifs is 2. The van der Waals surface area contributed by atoms with E-state index in [0.717, 1.165) is 158 Å². The first kappa shape index (κ1) is 124. The van der Waals surface area contributed by atoms with Gasteiger partial charge in [-0.15, -0.1) is 0 Å². The minimum Gasteiger partial charge on any atom is -0.768 e. The van der Waals surface area contributed by atoms with Gasteiger partial charge < -0.3 is 96.8 Å². The van der Waals surface area contributed by atoms with Crippen LogP contribution in [0.15, 0.2) is 41.3 Å². The molecule has 34 heteroatoms. The third-order valence-electron chi connectivity index (χ3n) is 19.9. The fourth-order valence-electron chi connectivity index (χ4n) is 14.2. The molecule has 3 amide bonds. The summed E-state index contributed by atoms with van der Waals surface area (Å²) in [6, 6.07) is 14.2. The quantitative estimate of drug-likeness (QED) is 0.0103. The Bertz CT molecular complexity index is 3300. The van der Waals surface area contributed by atoms with Gasteiger partial charge in [-0.05, 0) is 231 Å². The number of hydrogen-bond donors (Lipinski definition) is 5. The van der Waals surface area contributed by atoms with Crippen LogP contribution in [0.2, 0.25) is 0 Å². The highest BCUT2D eigenvalue weighted by atomic mass is 32.2. The molecule has 738 valence electrons. The number of nitrogens with one attached hydrogen (secondary N) is 4. The monoisotopic (exact) mass is 1910 g/mol. The number of nitrogens with zero attached hydrogens (tertiary/aromatic N) is 9. The number of unbranched alkanes of at least 4 members (excludes halogenated alkanes) is 19. The van der Waals surface area contributed by atoms with Crippen molar-refractivity contribution in [3.8, 4) is 0 Å². The molecule has 2 fully saturated rings. The molecule has 2 aliphatic heterocycles. The molecule has 2 aromatic carbocycles. The van der Waals surface area contributed by atoms with Gasteiger partial charge in [0.1, 0.15) is 32.0 Å². The maximum Gasteiger partial charge on any atom is 0.320 e. The van der Waals surface area contributed by atoms with Crippen LogP contribution >= 0.6 is 45.9 Å². The zero-order valence-electron chi connectivity index (χ0n) is 83.1. The standard InChI is InChI=1S/C26H48N5O4PS.C22H44N3O4P.C18H37N2O2P.C16H34N3O2P.C12H13NO2S/c1-20(2)31(21(3)4)36(35-18-16-27-5)34-17-12-8-6-7-11-15-28-24(32)14-10-9-13-23-25-22(19-37-23)29-26(33)30-25;1-19(2)25(20(3)4)30(28-17-15-23-8)27-16-13-11-9-10-12-14-24-18-21(26)29-22(5,6)7;1-7-8-9-10-11-12-13-15-21-23(22-16-14-19-6)20(17(2)3)18(4)5;1-15(2)19(16(3)4)22(21-14-12-18-5)20-13-10-8-6-7-9-11-17;1-13(2)11-7-3-6-10-9(11)5-4-8-12(10)16(14)15/h20-23,25H,6-19H2,1-4H3,(H,28,32)(H2,29,30,33);19-20,24H,9-18H2,1-7H3;17-18H,7-16H2,1-5H3;15-16H,6-14,17H2,1-4H3;3-8H,1-2H3,(H,14,15)/p-1. The van der Waals surface area contributed by atoms with E-state index in [4.69, 9.17) is 72.9 Å². The lowest BCUT2D eigenvalue weighted by Gasteiger charge is -2.35. The van der Waals surface area contributed by atoms with E-state index < -0.39 is 50.8 Å². The predicted octanol–water partition coefficient (Wildman–Crippen LogP) is 22.6. The number of ether oxygens (including phenoxy) is 1. The van der Waals surface area contributed by atoms with Gasteiger partial charge >= 0.3 is 12.0 Å².